The van der Waals surface area contributed by atoms with Crippen LogP contribution >= 0.6 is 0 Å². The van der Waals surface area contributed by atoms with Gasteiger partial charge in [0.15, 0.2) is 0 Å². The van der Waals surface area contributed by atoms with E-state index in [9.17, 15) is 9.59 Å². The molecule has 0 atom stereocenters. The van der Waals surface area contributed by atoms with Crippen molar-refractivity contribution in [1.29, 1.82) is 5.26 Å². The average molecular weight is 180 g/mol. The summed E-state index contributed by atoms with van der Waals surface area (Å²) < 4.78 is 1.17. The number of hydrogen-bond acceptors (Lipinski definition) is 3. The predicted octanol–water partition coefficient (Wildman–Crippen LogP) is -0.811. The highest BCUT2D eigenvalue weighted by Gasteiger charge is 2.06. The Labute approximate surface area is 73.6 Å². The summed E-state index contributed by atoms with van der Waals surface area (Å²) in [4.78, 5) is 21.7. The summed E-state index contributed by atoms with van der Waals surface area (Å²) >= 11 is 0. The highest BCUT2D eigenvalue weighted by molar-refractivity contribution is 5.90. The van der Waals surface area contributed by atoms with Crippen LogP contribution in [-0.2, 0) is 6.54 Å². The molecule has 0 saturated carbocycles. The highest BCUT2D eigenvalue weighted by atomic mass is 16.2. The Kier molecular flexibility index (Phi) is 2.50. The molecule has 3 N–H and O–H groups in total. The number of aryl methyl sites for hydroxylation is 1. The molecule has 0 unspecified atom stereocenters. The first-order valence-corrected chi connectivity index (χ1v) is 3.61. The standard InChI is InChI=1S/C7H8N4O2/c8-2-1-3-11-6(12)4-5(10-11)7(9)13/h4,10H,1,3H2,(H2,9,13). The van der Waals surface area contributed by atoms with Crippen molar-refractivity contribution in [1.82, 2.24) is 9.78 Å². The van der Waals surface area contributed by atoms with Gasteiger partial charge in [0.25, 0.3) is 11.5 Å². The number of hydrogen-bond donors (Lipinski definition) is 2. The van der Waals surface area contributed by atoms with E-state index in [0.717, 1.165) is 6.07 Å². The number of amides is 1. The Hall–Kier alpha value is -2.03. The minimum Gasteiger partial charge on any atom is -0.364 e. The van der Waals surface area contributed by atoms with Crippen molar-refractivity contribution in [2.45, 2.75) is 13.0 Å². The number of nitrogens with one attached hydrogen (secondary N) is 1. The number of primary amides is 1. The normalized spacial score (nSPS) is 9.46. The molecule has 0 saturated heterocycles. The summed E-state index contributed by atoms with van der Waals surface area (Å²) in [5.74, 6) is -0.687. The number of carbonyl (C=O) groups excluding carboxylic acids is 1. The van der Waals surface area contributed by atoms with E-state index in [2.05, 4.69) is 5.10 Å². The second kappa shape index (κ2) is 3.58. The van der Waals surface area contributed by atoms with Gasteiger partial charge in [0.2, 0.25) is 0 Å². The fourth-order valence-corrected chi connectivity index (χ4v) is 0.888. The van der Waals surface area contributed by atoms with Gasteiger partial charge in [0.1, 0.15) is 5.69 Å². The molecule has 1 heterocycles. The van der Waals surface area contributed by atoms with Gasteiger partial charge in [-0.2, -0.15) is 5.26 Å². The summed E-state index contributed by atoms with van der Waals surface area (Å²) in [6, 6.07) is 3.00. The Morgan fingerprint density at radius 3 is 2.92 bits per heavy atom. The minimum atomic E-state index is -0.687. The molecule has 1 aromatic rings. The third-order valence-corrected chi connectivity index (χ3v) is 1.50. The molecular weight excluding hydrogens is 172 g/mol. The molecule has 1 rings (SSSR count). The number of nitrogens with two attached hydrogens (primary N) is 1. The van der Waals surface area contributed by atoms with E-state index in [1.165, 1.54) is 4.68 Å². The number of aromatic amines is 1. The van der Waals surface area contributed by atoms with Gasteiger partial charge in [-0.3, -0.25) is 19.4 Å². The lowest BCUT2D eigenvalue weighted by molar-refractivity contribution is 0.0994. The van der Waals surface area contributed by atoms with E-state index >= 15 is 0 Å². The molecule has 68 valence electrons. The largest absolute Gasteiger partial charge is 0.364 e. The quantitative estimate of drug-likeness (QED) is 0.635. The summed E-state index contributed by atoms with van der Waals surface area (Å²) in [7, 11) is 0. The van der Waals surface area contributed by atoms with E-state index in [1.807, 2.05) is 6.07 Å². The van der Waals surface area contributed by atoms with Crippen LogP contribution in [0.3, 0.4) is 0 Å². The maximum atomic E-state index is 11.1. The first-order valence-electron chi connectivity index (χ1n) is 3.61. The minimum absolute atomic E-state index is 0.0583. The summed E-state index contributed by atoms with van der Waals surface area (Å²) in [6.45, 7) is 0.239. The lowest BCUT2D eigenvalue weighted by atomic mass is 10.4. The van der Waals surface area contributed by atoms with E-state index in [0.29, 0.717) is 0 Å². The van der Waals surface area contributed by atoms with Gasteiger partial charge in [-0.15, -0.1) is 0 Å². The average Bonchev–Trinajstić information content (AvgIpc) is 2.44. The molecule has 6 nitrogen and oxygen atoms in total. The molecule has 0 aliphatic rings. The molecule has 0 fully saturated rings. The molecular formula is C7H8N4O2. The van der Waals surface area contributed by atoms with Gasteiger partial charge >= 0.3 is 0 Å². The van der Waals surface area contributed by atoms with Crippen molar-refractivity contribution in [2.24, 2.45) is 5.73 Å². The number of rotatable bonds is 3. The molecule has 0 radical (unpaired) electrons. The predicted molar refractivity (Wildman–Crippen MR) is 43.8 cm³/mol. The fraction of sp³-hybridized carbons (Fsp3) is 0.286. The molecule has 1 amide bonds. The van der Waals surface area contributed by atoms with E-state index in [-0.39, 0.29) is 24.2 Å². The second-order valence-electron chi connectivity index (χ2n) is 2.43. The van der Waals surface area contributed by atoms with Gasteiger partial charge in [0.05, 0.1) is 19.0 Å². The number of carbonyl (C=O) groups is 1. The van der Waals surface area contributed by atoms with Gasteiger partial charge in [-0.05, 0) is 0 Å². The second-order valence-corrected chi connectivity index (χ2v) is 2.43. The lowest BCUT2D eigenvalue weighted by Gasteiger charge is -1.95. The number of nitrogens with zero attached hydrogens (tertiary/aromatic N) is 2. The zero-order chi connectivity index (χ0) is 9.84. The molecule has 0 aliphatic carbocycles. The molecule has 1 aromatic heterocycles. The van der Waals surface area contributed by atoms with Crippen molar-refractivity contribution < 1.29 is 4.79 Å². The topological polar surface area (TPSA) is 105 Å². The van der Waals surface area contributed by atoms with Crippen LogP contribution in [0.2, 0.25) is 0 Å². The molecule has 13 heavy (non-hydrogen) atoms. The SMILES string of the molecule is N#CCCn1[nH]c(C(N)=O)cc1=O. The van der Waals surface area contributed by atoms with Gasteiger partial charge in [-0.25, -0.2) is 0 Å². The Morgan fingerprint density at radius 1 is 1.77 bits per heavy atom. The van der Waals surface area contributed by atoms with Crippen LogP contribution in [0.15, 0.2) is 10.9 Å². The number of nitriles is 1. The number of aromatic nitrogens is 2. The van der Waals surface area contributed by atoms with Crippen LogP contribution in [0.25, 0.3) is 0 Å². The van der Waals surface area contributed by atoms with E-state index in [4.69, 9.17) is 11.0 Å². The van der Waals surface area contributed by atoms with Crippen molar-refractivity contribution >= 4 is 5.91 Å². The maximum Gasteiger partial charge on any atom is 0.267 e. The van der Waals surface area contributed by atoms with Crippen LogP contribution in [0.5, 0.6) is 0 Å². The summed E-state index contributed by atoms with van der Waals surface area (Å²) in [6.07, 6.45) is 0.207. The zero-order valence-electron chi connectivity index (χ0n) is 6.78. The molecule has 0 bridgehead atoms. The van der Waals surface area contributed by atoms with Crippen molar-refractivity contribution in [3.8, 4) is 6.07 Å². The third-order valence-electron chi connectivity index (χ3n) is 1.50. The Morgan fingerprint density at radius 2 is 2.46 bits per heavy atom. The third kappa shape index (κ3) is 1.96. The maximum absolute atomic E-state index is 11.1. The van der Waals surface area contributed by atoms with E-state index < -0.39 is 5.91 Å². The Balaban J connectivity index is 2.92. The zero-order valence-corrected chi connectivity index (χ0v) is 6.78. The van der Waals surface area contributed by atoms with E-state index in [1.54, 1.807) is 0 Å². The van der Waals surface area contributed by atoms with Gasteiger partial charge < -0.3 is 5.73 Å². The molecule has 0 aliphatic heterocycles. The number of H-pyrrole nitrogens is 1. The van der Waals surface area contributed by atoms with Gasteiger partial charge in [0, 0.05) is 6.07 Å². The molecule has 0 aromatic carbocycles. The lowest BCUT2D eigenvalue weighted by Crippen LogP contribution is -2.16. The first-order chi connectivity index (χ1) is 6.15. The van der Waals surface area contributed by atoms with Crippen LogP contribution in [0, 0.1) is 11.3 Å². The summed E-state index contributed by atoms with van der Waals surface area (Å²) in [5, 5.41) is 10.8. The smallest absolute Gasteiger partial charge is 0.267 e. The fourth-order valence-electron chi connectivity index (χ4n) is 0.888. The molecule has 0 spiro atoms. The van der Waals surface area contributed by atoms with Crippen molar-refractivity contribution in [3.05, 3.63) is 22.1 Å². The van der Waals surface area contributed by atoms with Crippen molar-refractivity contribution in [3.63, 3.8) is 0 Å². The van der Waals surface area contributed by atoms with Crippen molar-refractivity contribution in [2.75, 3.05) is 0 Å². The molecule has 6 heteroatoms. The van der Waals surface area contributed by atoms with Gasteiger partial charge in [-0.1, -0.05) is 0 Å². The van der Waals surface area contributed by atoms with Crippen LogP contribution < -0.4 is 11.3 Å². The highest BCUT2D eigenvalue weighted by Crippen LogP contribution is 1.89. The van der Waals surface area contributed by atoms with Crippen LogP contribution in [-0.4, -0.2) is 15.7 Å². The first kappa shape index (κ1) is 9.06. The monoisotopic (exact) mass is 180 g/mol. The Bertz CT molecular complexity index is 409. The summed E-state index contributed by atoms with van der Waals surface area (Å²) in [5.41, 5.74) is 4.64. The van der Waals surface area contributed by atoms with Crippen LogP contribution in [0.1, 0.15) is 16.9 Å². The van der Waals surface area contributed by atoms with Crippen LogP contribution in [0.4, 0.5) is 0 Å².